The Labute approximate surface area is 219 Å². The van der Waals surface area contributed by atoms with Gasteiger partial charge in [0, 0.05) is 12.1 Å². The number of benzene rings is 2. The van der Waals surface area contributed by atoms with Crippen molar-refractivity contribution in [1.82, 2.24) is 5.32 Å². The number of hydrogen-bond acceptors (Lipinski definition) is 7. The summed E-state index contributed by atoms with van der Waals surface area (Å²) in [7, 11) is -2.25. The second-order valence-corrected chi connectivity index (χ2v) is 16.2. The lowest BCUT2D eigenvalue weighted by atomic mass is 10.0. The molecule has 0 aromatic heterocycles. The lowest BCUT2D eigenvalue weighted by molar-refractivity contribution is -0.384. The van der Waals surface area contributed by atoms with Crippen LogP contribution in [0, 0.1) is 10.1 Å². The van der Waals surface area contributed by atoms with Crippen molar-refractivity contribution >= 4 is 26.1 Å². The molecule has 0 fully saturated rings. The molecule has 0 spiro atoms. The first-order valence-electron chi connectivity index (χ1n) is 12.1. The van der Waals surface area contributed by atoms with Gasteiger partial charge in [-0.15, -0.1) is 0 Å². The summed E-state index contributed by atoms with van der Waals surface area (Å²) in [4.78, 5) is 36.4. The van der Waals surface area contributed by atoms with Gasteiger partial charge in [0.15, 0.2) is 8.32 Å². The predicted octanol–water partition coefficient (Wildman–Crippen LogP) is 6.41. The molecule has 0 aliphatic rings. The van der Waals surface area contributed by atoms with Gasteiger partial charge in [-0.05, 0) is 56.6 Å². The Morgan fingerprint density at radius 3 is 2.03 bits per heavy atom. The third-order valence-corrected chi connectivity index (χ3v) is 10.7. The van der Waals surface area contributed by atoms with Crippen LogP contribution in [0.1, 0.15) is 63.5 Å². The first-order valence-corrected chi connectivity index (χ1v) is 15.0. The number of amides is 1. The molecule has 0 unspecified atom stereocenters. The molecule has 0 aliphatic carbocycles. The largest absolute Gasteiger partial charge is 0.454 e. The first kappa shape index (κ1) is 30.0. The maximum absolute atomic E-state index is 13.1. The van der Waals surface area contributed by atoms with Crippen LogP contribution in [-0.2, 0) is 13.9 Å². The summed E-state index contributed by atoms with van der Waals surface area (Å²) in [5.41, 5.74) is -0.0164. The van der Waals surface area contributed by atoms with Crippen LogP contribution in [0.15, 0.2) is 54.6 Å². The molecule has 0 aliphatic heterocycles. The zero-order valence-corrected chi connectivity index (χ0v) is 23.9. The summed E-state index contributed by atoms with van der Waals surface area (Å²) >= 11 is 0. The summed E-state index contributed by atoms with van der Waals surface area (Å²) in [6.45, 7) is 15.8. The SMILES string of the molecule is CC(C)(C)OC(=O)N[C@@H](c1ccccc1)[C@H](CO[Si](C)(C)C(C)(C)C)OC(=O)c1ccc([N+](=O)[O-])cc1. The molecule has 202 valence electrons. The van der Waals surface area contributed by atoms with E-state index in [2.05, 4.69) is 39.2 Å². The van der Waals surface area contributed by atoms with Gasteiger partial charge in [-0.3, -0.25) is 10.1 Å². The number of nitrogens with zero attached hydrogens (tertiary/aromatic N) is 1. The minimum absolute atomic E-state index is 0.0323. The topological polar surface area (TPSA) is 117 Å². The van der Waals surface area contributed by atoms with E-state index >= 15 is 0 Å². The standard InChI is InChI=1S/C27H38N2O7Si/c1-26(2,3)36-25(31)28-23(19-12-10-9-11-13-19)22(18-34-37(7,8)27(4,5)6)35-24(30)20-14-16-21(17-15-20)29(32)33/h9-17,22-23H,18H2,1-8H3,(H,28,31)/t22-,23-/m0/s1. The van der Waals surface area contributed by atoms with Crippen molar-refractivity contribution in [2.24, 2.45) is 0 Å². The second-order valence-electron chi connectivity index (χ2n) is 11.4. The van der Waals surface area contributed by atoms with E-state index in [4.69, 9.17) is 13.9 Å². The van der Waals surface area contributed by atoms with E-state index in [1.165, 1.54) is 24.3 Å². The molecule has 9 nitrogen and oxygen atoms in total. The highest BCUT2D eigenvalue weighted by Crippen LogP contribution is 2.37. The molecule has 37 heavy (non-hydrogen) atoms. The number of non-ortho nitro benzene ring substituents is 1. The molecule has 0 radical (unpaired) electrons. The fourth-order valence-electron chi connectivity index (χ4n) is 3.12. The van der Waals surface area contributed by atoms with Crippen LogP contribution >= 0.6 is 0 Å². The number of nitro groups is 1. The van der Waals surface area contributed by atoms with E-state index in [1.54, 1.807) is 20.8 Å². The maximum Gasteiger partial charge on any atom is 0.408 e. The lowest BCUT2D eigenvalue weighted by Crippen LogP contribution is -2.47. The van der Waals surface area contributed by atoms with Crippen LogP contribution in [0.25, 0.3) is 0 Å². The van der Waals surface area contributed by atoms with Gasteiger partial charge in [0.1, 0.15) is 11.7 Å². The maximum atomic E-state index is 13.1. The molecule has 2 aromatic carbocycles. The number of rotatable bonds is 9. The van der Waals surface area contributed by atoms with Gasteiger partial charge in [0.05, 0.1) is 23.1 Å². The highest BCUT2D eigenvalue weighted by molar-refractivity contribution is 6.74. The van der Waals surface area contributed by atoms with E-state index in [9.17, 15) is 19.7 Å². The van der Waals surface area contributed by atoms with Gasteiger partial charge < -0.3 is 19.2 Å². The number of carbonyl (C=O) groups is 2. The summed E-state index contributed by atoms with van der Waals surface area (Å²) in [5.74, 6) is -0.689. The van der Waals surface area contributed by atoms with Crippen LogP contribution in [0.3, 0.4) is 0 Å². The Kier molecular flexibility index (Phi) is 9.62. The number of nitrogens with one attached hydrogen (secondary N) is 1. The average molecular weight is 531 g/mol. The summed E-state index contributed by atoms with van der Waals surface area (Å²) in [5, 5.41) is 13.7. The average Bonchev–Trinajstić information content (AvgIpc) is 2.79. The third-order valence-electron chi connectivity index (χ3n) is 6.19. The molecule has 2 aromatic rings. The highest BCUT2D eigenvalue weighted by Gasteiger charge is 2.39. The van der Waals surface area contributed by atoms with Gasteiger partial charge in [0.2, 0.25) is 0 Å². The minimum atomic E-state index is -2.25. The minimum Gasteiger partial charge on any atom is -0.454 e. The number of nitro benzene ring substituents is 1. The Morgan fingerprint density at radius 1 is 0.973 bits per heavy atom. The molecule has 0 heterocycles. The predicted molar refractivity (Wildman–Crippen MR) is 144 cm³/mol. The summed E-state index contributed by atoms with van der Waals surface area (Å²) in [6, 6.07) is 13.5. The second kappa shape index (κ2) is 11.9. The molecular weight excluding hydrogens is 492 g/mol. The van der Waals surface area contributed by atoms with Crippen molar-refractivity contribution in [1.29, 1.82) is 0 Å². The van der Waals surface area contributed by atoms with E-state index in [0.717, 1.165) is 0 Å². The lowest BCUT2D eigenvalue weighted by Gasteiger charge is -2.38. The van der Waals surface area contributed by atoms with Crippen LogP contribution in [-0.4, -0.2) is 43.6 Å². The Bertz CT molecular complexity index is 1070. The molecule has 0 saturated carbocycles. The Morgan fingerprint density at radius 2 is 1.54 bits per heavy atom. The van der Waals surface area contributed by atoms with Crippen LogP contribution in [0.5, 0.6) is 0 Å². The van der Waals surface area contributed by atoms with Crippen molar-refractivity contribution < 1.29 is 28.4 Å². The molecule has 10 heteroatoms. The van der Waals surface area contributed by atoms with E-state index in [1.807, 2.05) is 30.3 Å². The molecule has 1 N–H and O–H groups in total. The quantitative estimate of drug-likeness (QED) is 0.172. The van der Waals surface area contributed by atoms with Crippen molar-refractivity contribution in [2.45, 2.75) is 77.4 Å². The van der Waals surface area contributed by atoms with E-state index in [-0.39, 0.29) is 22.9 Å². The fourth-order valence-corrected chi connectivity index (χ4v) is 4.13. The molecule has 0 bridgehead atoms. The number of esters is 1. The van der Waals surface area contributed by atoms with Gasteiger partial charge in [-0.25, -0.2) is 9.59 Å². The third kappa shape index (κ3) is 8.98. The van der Waals surface area contributed by atoms with E-state index in [0.29, 0.717) is 5.56 Å². The number of carbonyl (C=O) groups excluding carboxylic acids is 2. The highest BCUT2D eigenvalue weighted by atomic mass is 28.4. The van der Waals surface area contributed by atoms with Gasteiger partial charge in [0.25, 0.3) is 5.69 Å². The van der Waals surface area contributed by atoms with Crippen molar-refractivity contribution in [3.8, 4) is 0 Å². The van der Waals surface area contributed by atoms with Crippen molar-refractivity contribution in [2.75, 3.05) is 6.61 Å². The summed E-state index contributed by atoms with van der Waals surface area (Å²) in [6.07, 6.45) is -1.57. The summed E-state index contributed by atoms with van der Waals surface area (Å²) < 4.78 is 17.8. The van der Waals surface area contributed by atoms with Crippen LogP contribution < -0.4 is 5.32 Å². The van der Waals surface area contributed by atoms with Crippen molar-refractivity contribution in [3.63, 3.8) is 0 Å². The number of hydrogen-bond donors (Lipinski definition) is 1. The smallest absolute Gasteiger partial charge is 0.408 e. The van der Waals surface area contributed by atoms with Gasteiger partial charge in [-0.1, -0.05) is 51.1 Å². The molecule has 1 amide bonds. The van der Waals surface area contributed by atoms with Crippen molar-refractivity contribution in [3.05, 3.63) is 75.8 Å². The number of ether oxygens (including phenoxy) is 2. The van der Waals surface area contributed by atoms with Crippen LogP contribution in [0.2, 0.25) is 18.1 Å². The monoisotopic (exact) mass is 530 g/mol. The molecule has 2 rings (SSSR count). The Hall–Kier alpha value is -3.24. The fraction of sp³-hybridized carbons (Fsp3) is 0.481. The number of alkyl carbamates (subject to hydrolysis) is 1. The zero-order chi connectivity index (χ0) is 28.0. The normalized spacial score (nSPS) is 13.8. The van der Waals surface area contributed by atoms with E-state index < -0.39 is 43.1 Å². The van der Waals surface area contributed by atoms with Crippen LogP contribution in [0.4, 0.5) is 10.5 Å². The molecular formula is C27H38N2O7Si. The zero-order valence-electron chi connectivity index (χ0n) is 22.9. The Balaban J connectivity index is 2.43. The van der Waals surface area contributed by atoms with Gasteiger partial charge >= 0.3 is 12.1 Å². The van der Waals surface area contributed by atoms with Gasteiger partial charge in [-0.2, -0.15) is 0 Å². The molecule has 2 atom stereocenters. The molecule has 0 saturated heterocycles. The first-order chi connectivity index (χ1) is 17.0.